The third kappa shape index (κ3) is 6.29. The van der Waals surface area contributed by atoms with Crippen LogP contribution in [-0.4, -0.2) is 46.2 Å². The molecule has 10 heteroatoms. The molecule has 2 N–H and O–H groups in total. The van der Waals surface area contributed by atoms with Crippen molar-refractivity contribution < 1.29 is 18.8 Å². The molecule has 3 unspecified atom stereocenters. The number of carbonyl (C=O) groups excluding carboxylic acids is 3. The molecule has 0 spiro atoms. The third-order valence-corrected chi connectivity index (χ3v) is 9.18. The quantitative estimate of drug-likeness (QED) is 0.233. The Kier molecular flexibility index (Phi) is 8.57. The lowest BCUT2D eigenvalue weighted by molar-refractivity contribution is -0.142. The van der Waals surface area contributed by atoms with Crippen LogP contribution in [0.25, 0.3) is 21.4 Å². The molecular weight excluding hydrogens is 616 g/mol. The number of hydrogen-bond acceptors (Lipinski definition) is 6. The van der Waals surface area contributed by atoms with Crippen LogP contribution >= 0.6 is 27.3 Å². The van der Waals surface area contributed by atoms with Crippen LogP contribution in [0.4, 0.5) is 0 Å². The summed E-state index contributed by atoms with van der Waals surface area (Å²) < 4.78 is 6.62. The number of fused-ring (bicyclic) bond motifs is 1. The first-order valence-electron chi connectivity index (χ1n) is 14.0. The number of likely N-dealkylation sites (tertiary alicyclic amines) is 1. The zero-order chi connectivity index (χ0) is 30.2. The summed E-state index contributed by atoms with van der Waals surface area (Å²) in [5, 5.41) is 6.80. The third-order valence-electron chi connectivity index (χ3n) is 7.71. The molecule has 1 fully saturated rings. The first-order chi connectivity index (χ1) is 19.9. The van der Waals surface area contributed by atoms with Crippen molar-refractivity contribution in [2.75, 3.05) is 6.54 Å². The van der Waals surface area contributed by atoms with E-state index in [1.807, 2.05) is 76.5 Å². The molecule has 0 saturated carbocycles. The van der Waals surface area contributed by atoms with Gasteiger partial charge in [-0.25, -0.2) is 4.98 Å². The summed E-state index contributed by atoms with van der Waals surface area (Å²) in [7, 11) is 0. The Labute approximate surface area is 258 Å². The Morgan fingerprint density at radius 1 is 1.10 bits per heavy atom. The number of nitrogens with one attached hydrogen (secondary N) is 2. The molecule has 4 aromatic rings. The molecule has 2 aromatic carbocycles. The zero-order valence-electron chi connectivity index (χ0n) is 24.4. The topological polar surface area (TPSA) is 105 Å². The van der Waals surface area contributed by atoms with Crippen molar-refractivity contribution in [2.45, 2.75) is 65.6 Å². The average Bonchev–Trinajstić information content (AvgIpc) is 3.70. The number of furan rings is 1. The van der Waals surface area contributed by atoms with Crippen LogP contribution in [0.15, 0.2) is 62.9 Å². The van der Waals surface area contributed by atoms with Gasteiger partial charge in [0, 0.05) is 16.4 Å². The van der Waals surface area contributed by atoms with Gasteiger partial charge in [-0.3, -0.25) is 14.4 Å². The number of carbonyl (C=O) groups is 3. The van der Waals surface area contributed by atoms with Gasteiger partial charge in [-0.15, -0.1) is 11.3 Å². The van der Waals surface area contributed by atoms with E-state index < -0.39 is 23.4 Å². The van der Waals surface area contributed by atoms with Gasteiger partial charge < -0.3 is 20.0 Å². The predicted molar refractivity (Wildman–Crippen MR) is 168 cm³/mol. The fourth-order valence-electron chi connectivity index (χ4n) is 5.33. The number of nitrogens with zero attached hydrogens (tertiary/aromatic N) is 2. The van der Waals surface area contributed by atoms with Crippen molar-refractivity contribution in [3.05, 3.63) is 75.5 Å². The van der Waals surface area contributed by atoms with Gasteiger partial charge in [-0.05, 0) is 67.5 Å². The van der Waals surface area contributed by atoms with Gasteiger partial charge in [0.2, 0.25) is 11.8 Å². The highest BCUT2D eigenvalue weighted by Gasteiger charge is 2.42. The molecule has 3 amide bonds. The fraction of sp³-hybridized carbons (Fsp3) is 0.375. The first-order valence-corrected chi connectivity index (χ1v) is 15.7. The normalized spacial score (nSPS) is 16.8. The van der Waals surface area contributed by atoms with E-state index in [1.165, 1.54) is 0 Å². The molecule has 1 aliphatic heterocycles. The van der Waals surface area contributed by atoms with Crippen molar-refractivity contribution in [3.63, 3.8) is 0 Å². The molecule has 5 rings (SSSR count). The summed E-state index contributed by atoms with van der Waals surface area (Å²) in [6.07, 6.45) is 1.28. The van der Waals surface area contributed by atoms with Crippen molar-refractivity contribution in [3.8, 4) is 10.4 Å². The van der Waals surface area contributed by atoms with E-state index in [0.29, 0.717) is 25.0 Å². The molecule has 3 atom stereocenters. The Morgan fingerprint density at radius 2 is 1.83 bits per heavy atom. The Balaban J connectivity index is 1.27. The van der Waals surface area contributed by atoms with Crippen LogP contribution in [0.3, 0.4) is 0 Å². The highest BCUT2D eigenvalue weighted by atomic mass is 79.9. The van der Waals surface area contributed by atoms with E-state index in [4.69, 9.17) is 4.42 Å². The first kappa shape index (κ1) is 30.0. The van der Waals surface area contributed by atoms with Crippen LogP contribution in [0.5, 0.6) is 0 Å². The van der Waals surface area contributed by atoms with Crippen molar-refractivity contribution in [1.82, 2.24) is 20.5 Å². The maximum atomic E-state index is 13.9. The van der Waals surface area contributed by atoms with Crippen LogP contribution in [0.1, 0.15) is 68.4 Å². The predicted octanol–water partition coefficient (Wildman–Crippen LogP) is 6.64. The molecule has 1 saturated heterocycles. The summed E-state index contributed by atoms with van der Waals surface area (Å²) in [4.78, 5) is 47.7. The van der Waals surface area contributed by atoms with Gasteiger partial charge in [0.25, 0.3) is 5.91 Å². The van der Waals surface area contributed by atoms with E-state index >= 15 is 0 Å². The Hall–Kier alpha value is -3.50. The number of rotatable bonds is 7. The molecule has 8 nitrogen and oxygen atoms in total. The molecule has 42 heavy (non-hydrogen) atoms. The largest absolute Gasteiger partial charge is 0.451 e. The van der Waals surface area contributed by atoms with Gasteiger partial charge in [0.1, 0.15) is 17.7 Å². The van der Waals surface area contributed by atoms with Crippen LogP contribution in [0, 0.1) is 12.3 Å². The molecular formula is C32H35BrN4O4S. The van der Waals surface area contributed by atoms with E-state index in [-0.39, 0.29) is 23.6 Å². The smallest absolute Gasteiger partial charge is 0.287 e. The lowest BCUT2D eigenvalue weighted by Gasteiger charge is -2.35. The fourth-order valence-corrected chi connectivity index (χ4v) is 6.48. The molecule has 3 heterocycles. The molecule has 1 aliphatic rings. The summed E-state index contributed by atoms with van der Waals surface area (Å²) in [6.45, 7) is 10.1. The number of aromatic nitrogens is 1. The van der Waals surface area contributed by atoms with Crippen molar-refractivity contribution >= 4 is 56.0 Å². The number of thiazole rings is 1. The lowest BCUT2D eigenvalue weighted by Crippen LogP contribution is -2.57. The van der Waals surface area contributed by atoms with Crippen LogP contribution in [-0.2, 0) is 9.59 Å². The number of hydrogen-bond donors (Lipinski definition) is 2. The van der Waals surface area contributed by atoms with E-state index in [2.05, 4.69) is 31.5 Å². The minimum absolute atomic E-state index is 0.131. The second-order valence-corrected chi connectivity index (χ2v) is 13.6. The molecule has 220 valence electrons. The van der Waals surface area contributed by atoms with E-state index in [9.17, 15) is 14.4 Å². The molecule has 0 bridgehead atoms. The number of halogens is 1. The molecule has 2 aromatic heterocycles. The lowest BCUT2D eigenvalue weighted by atomic mass is 9.85. The Morgan fingerprint density at radius 3 is 2.50 bits per heavy atom. The van der Waals surface area contributed by atoms with Gasteiger partial charge >= 0.3 is 0 Å². The standard InChI is InChI=1S/C32H35BrN4O4S/c1-18(20-8-10-21(11-9-20)27-19(2)34-17-42-27)35-29(38)24-7-6-14-37(24)31(40)28(32(3,4)5)36-30(39)26-15-22-12-13-23(33)16-25(22)41-26/h8-13,15-18,24,28H,6-7,14H2,1-5H3,(H,35,38)(H,36,39). The summed E-state index contributed by atoms with van der Waals surface area (Å²) in [5.41, 5.74) is 4.88. The van der Waals surface area contributed by atoms with Crippen LogP contribution < -0.4 is 10.6 Å². The van der Waals surface area contributed by atoms with Gasteiger partial charge in [0.05, 0.1) is 22.1 Å². The Bertz CT molecular complexity index is 1620. The van der Waals surface area contributed by atoms with E-state index in [1.54, 1.807) is 28.4 Å². The molecule has 0 aliphatic carbocycles. The van der Waals surface area contributed by atoms with Crippen molar-refractivity contribution in [2.24, 2.45) is 5.41 Å². The monoisotopic (exact) mass is 650 g/mol. The maximum absolute atomic E-state index is 13.9. The number of aryl methyl sites for hydroxylation is 1. The van der Waals surface area contributed by atoms with Crippen molar-refractivity contribution in [1.29, 1.82) is 0 Å². The van der Waals surface area contributed by atoms with Gasteiger partial charge in [-0.2, -0.15) is 0 Å². The number of benzene rings is 2. The summed E-state index contributed by atoms with van der Waals surface area (Å²) in [5.74, 6) is -0.811. The van der Waals surface area contributed by atoms with E-state index in [0.717, 1.165) is 31.6 Å². The minimum Gasteiger partial charge on any atom is -0.451 e. The maximum Gasteiger partial charge on any atom is 0.287 e. The summed E-state index contributed by atoms with van der Waals surface area (Å²) >= 11 is 5.02. The van der Waals surface area contributed by atoms with Gasteiger partial charge in [-0.1, -0.05) is 61.0 Å². The second kappa shape index (κ2) is 12.0. The second-order valence-electron chi connectivity index (χ2n) is 11.9. The highest BCUT2D eigenvalue weighted by Crippen LogP contribution is 2.30. The average molecular weight is 652 g/mol. The molecule has 0 radical (unpaired) electrons. The zero-order valence-corrected chi connectivity index (χ0v) is 26.8. The van der Waals surface area contributed by atoms with Gasteiger partial charge in [0.15, 0.2) is 5.76 Å². The SMILES string of the molecule is Cc1ncsc1-c1ccc(C(C)NC(=O)C2CCCN2C(=O)C(NC(=O)c2cc3ccc(Br)cc3o2)C(C)(C)C)cc1. The van der Waals surface area contributed by atoms with Crippen LogP contribution in [0.2, 0.25) is 0 Å². The minimum atomic E-state index is -0.849. The number of amides is 3. The highest BCUT2D eigenvalue weighted by molar-refractivity contribution is 9.10. The summed E-state index contributed by atoms with van der Waals surface area (Å²) in [6, 6.07) is 13.6.